The maximum absolute atomic E-state index is 9.97. The summed E-state index contributed by atoms with van der Waals surface area (Å²) in [5.74, 6) is 1.37. The molecule has 0 fully saturated rings. The smallest absolute Gasteiger partial charge is 0.208 e. The van der Waals surface area contributed by atoms with E-state index in [1.807, 2.05) is 13.0 Å². The van der Waals surface area contributed by atoms with E-state index in [-0.39, 0.29) is 0 Å². The number of hydrogen-bond acceptors (Lipinski definition) is 5. The molecule has 0 aliphatic carbocycles. The van der Waals surface area contributed by atoms with Crippen molar-refractivity contribution in [1.29, 1.82) is 5.26 Å². The van der Waals surface area contributed by atoms with E-state index in [4.69, 9.17) is 9.68 Å². The second-order valence-electron chi connectivity index (χ2n) is 4.25. The largest absolute Gasteiger partial charge is 0.445 e. The molecular formula is C14H15N3O2. The summed E-state index contributed by atoms with van der Waals surface area (Å²) in [4.78, 5) is 4.06. The van der Waals surface area contributed by atoms with E-state index in [2.05, 4.69) is 10.3 Å². The third-order valence-electron chi connectivity index (χ3n) is 2.71. The number of rotatable bonds is 5. The van der Waals surface area contributed by atoms with Crippen molar-refractivity contribution in [3.63, 3.8) is 0 Å². The Morgan fingerprint density at radius 3 is 2.74 bits per heavy atom. The van der Waals surface area contributed by atoms with Crippen LogP contribution in [-0.2, 0) is 6.54 Å². The van der Waals surface area contributed by atoms with Crippen molar-refractivity contribution in [3.8, 4) is 6.07 Å². The zero-order chi connectivity index (χ0) is 13.7. The van der Waals surface area contributed by atoms with Gasteiger partial charge in [0.1, 0.15) is 5.76 Å². The van der Waals surface area contributed by atoms with Crippen LogP contribution < -0.4 is 5.32 Å². The molecule has 0 amide bonds. The number of nitrogens with zero attached hydrogens (tertiary/aromatic N) is 2. The van der Waals surface area contributed by atoms with Crippen molar-refractivity contribution in [2.45, 2.75) is 19.6 Å². The van der Waals surface area contributed by atoms with Gasteiger partial charge in [0.15, 0.2) is 0 Å². The van der Waals surface area contributed by atoms with Crippen molar-refractivity contribution < 1.29 is 9.52 Å². The minimum atomic E-state index is -0.621. The van der Waals surface area contributed by atoms with E-state index in [1.165, 1.54) is 0 Å². The molecule has 2 N–H and O–H groups in total. The predicted octanol–water partition coefficient (Wildman–Crippen LogP) is 1.68. The minimum absolute atomic E-state index is 0.396. The van der Waals surface area contributed by atoms with Gasteiger partial charge < -0.3 is 14.8 Å². The average molecular weight is 257 g/mol. The van der Waals surface area contributed by atoms with Crippen LogP contribution in [0.4, 0.5) is 0 Å². The molecule has 1 heterocycles. The van der Waals surface area contributed by atoms with Gasteiger partial charge in [-0.3, -0.25) is 0 Å². The average Bonchev–Trinajstić information content (AvgIpc) is 2.84. The van der Waals surface area contributed by atoms with E-state index >= 15 is 0 Å². The number of oxazole rings is 1. The van der Waals surface area contributed by atoms with Crippen molar-refractivity contribution in [2.75, 3.05) is 6.54 Å². The second-order valence-corrected chi connectivity index (χ2v) is 4.25. The van der Waals surface area contributed by atoms with E-state index in [9.17, 15) is 5.11 Å². The summed E-state index contributed by atoms with van der Waals surface area (Å²) in [6, 6.07) is 8.92. The van der Waals surface area contributed by atoms with Crippen LogP contribution in [-0.4, -0.2) is 16.6 Å². The molecule has 0 radical (unpaired) electrons. The highest BCUT2D eigenvalue weighted by atomic mass is 16.4. The van der Waals surface area contributed by atoms with Gasteiger partial charge >= 0.3 is 0 Å². The Bertz CT molecular complexity index is 569. The Kier molecular flexibility index (Phi) is 4.29. The second kappa shape index (κ2) is 6.14. The molecule has 1 atom stereocenters. The van der Waals surface area contributed by atoms with Gasteiger partial charge in [0.05, 0.1) is 30.5 Å². The Balaban J connectivity index is 1.83. The molecule has 98 valence electrons. The molecular weight excluding hydrogens is 242 g/mol. The fraction of sp³-hybridized carbons (Fsp3) is 0.286. The lowest BCUT2D eigenvalue weighted by atomic mass is 10.1. The van der Waals surface area contributed by atoms with E-state index < -0.39 is 6.10 Å². The van der Waals surface area contributed by atoms with Crippen LogP contribution in [0.1, 0.15) is 28.9 Å². The molecule has 0 aliphatic rings. The highest BCUT2D eigenvalue weighted by Crippen LogP contribution is 2.13. The fourth-order valence-corrected chi connectivity index (χ4v) is 1.70. The third-order valence-corrected chi connectivity index (χ3v) is 2.71. The fourth-order valence-electron chi connectivity index (χ4n) is 1.70. The first kappa shape index (κ1) is 13.3. The molecule has 1 unspecified atom stereocenters. The molecule has 0 saturated heterocycles. The third kappa shape index (κ3) is 3.65. The monoisotopic (exact) mass is 257 g/mol. The van der Waals surface area contributed by atoms with Gasteiger partial charge in [0, 0.05) is 6.54 Å². The number of nitrogens with one attached hydrogen (secondary N) is 1. The van der Waals surface area contributed by atoms with E-state index in [0.717, 1.165) is 11.3 Å². The normalized spacial score (nSPS) is 12.1. The lowest BCUT2D eigenvalue weighted by Crippen LogP contribution is -2.21. The molecule has 0 saturated carbocycles. The lowest BCUT2D eigenvalue weighted by Gasteiger charge is -2.11. The summed E-state index contributed by atoms with van der Waals surface area (Å²) in [7, 11) is 0. The zero-order valence-corrected chi connectivity index (χ0v) is 10.6. The Labute approximate surface area is 111 Å². The van der Waals surface area contributed by atoms with Crippen LogP contribution in [0.2, 0.25) is 0 Å². The first-order valence-electron chi connectivity index (χ1n) is 5.99. The summed E-state index contributed by atoms with van der Waals surface area (Å²) in [6.07, 6.45) is 1.04. The van der Waals surface area contributed by atoms with Gasteiger partial charge in [-0.25, -0.2) is 4.98 Å². The summed E-state index contributed by atoms with van der Waals surface area (Å²) < 4.78 is 5.31. The quantitative estimate of drug-likeness (QED) is 0.851. The van der Waals surface area contributed by atoms with Crippen molar-refractivity contribution in [3.05, 3.63) is 53.2 Å². The molecule has 2 aromatic rings. The summed E-state index contributed by atoms with van der Waals surface area (Å²) in [5.41, 5.74) is 1.36. The van der Waals surface area contributed by atoms with Gasteiger partial charge in [-0.2, -0.15) is 5.26 Å². The molecule has 2 rings (SSSR count). The van der Waals surface area contributed by atoms with Crippen LogP contribution in [0, 0.1) is 18.3 Å². The standard InChI is InChI=1S/C14H15N3O2/c1-10-7-17-14(19-10)9-16-8-13(18)12-4-2-11(6-15)3-5-12/h2-5,7,13,16,18H,8-9H2,1H3. The first-order chi connectivity index (χ1) is 9.19. The molecule has 19 heavy (non-hydrogen) atoms. The summed E-state index contributed by atoms with van der Waals surface area (Å²) in [5, 5.41) is 21.7. The van der Waals surface area contributed by atoms with Gasteiger partial charge in [-0.1, -0.05) is 12.1 Å². The number of hydrogen-bond donors (Lipinski definition) is 2. The number of aryl methyl sites for hydroxylation is 1. The number of aromatic nitrogens is 1. The van der Waals surface area contributed by atoms with E-state index in [0.29, 0.717) is 24.5 Å². The van der Waals surface area contributed by atoms with Gasteiger partial charge in [-0.05, 0) is 24.6 Å². The molecule has 0 aliphatic heterocycles. The van der Waals surface area contributed by atoms with Gasteiger partial charge in [0.2, 0.25) is 5.89 Å². The van der Waals surface area contributed by atoms with Crippen LogP contribution in [0.25, 0.3) is 0 Å². The number of aliphatic hydroxyl groups is 1. The van der Waals surface area contributed by atoms with Crippen LogP contribution in [0.3, 0.4) is 0 Å². The number of nitriles is 1. The lowest BCUT2D eigenvalue weighted by molar-refractivity contribution is 0.173. The Morgan fingerprint density at radius 1 is 1.42 bits per heavy atom. The molecule has 1 aromatic carbocycles. The molecule has 1 aromatic heterocycles. The predicted molar refractivity (Wildman–Crippen MR) is 69.1 cm³/mol. The zero-order valence-electron chi connectivity index (χ0n) is 10.6. The molecule has 0 spiro atoms. The highest BCUT2D eigenvalue weighted by molar-refractivity contribution is 5.32. The van der Waals surface area contributed by atoms with Crippen molar-refractivity contribution >= 4 is 0 Å². The van der Waals surface area contributed by atoms with Crippen LogP contribution in [0.15, 0.2) is 34.9 Å². The van der Waals surface area contributed by atoms with Gasteiger partial charge in [-0.15, -0.1) is 0 Å². The number of aliphatic hydroxyl groups excluding tert-OH is 1. The number of benzene rings is 1. The molecule has 0 bridgehead atoms. The van der Waals surface area contributed by atoms with Gasteiger partial charge in [0.25, 0.3) is 0 Å². The van der Waals surface area contributed by atoms with Crippen LogP contribution >= 0.6 is 0 Å². The molecule has 5 heteroatoms. The maximum Gasteiger partial charge on any atom is 0.208 e. The van der Waals surface area contributed by atoms with Crippen LogP contribution in [0.5, 0.6) is 0 Å². The highest BCUT2D eigenvalue weighted by Gasteiger charge is 2.08. The summed E-state index contributed by atoms with van der Waals surface area (Å²) >= 11 is 0. The van der Waals surface area contributed by atoms with Crippen molar-refractivity contribution in [2.24, 2.45) is 0 Å². The van der Waals surface area contributed by atoms with E-state index in [1.54, 1.807) is 30.5 Å². The Hall–Kier alpha value is -2.16. The first-order valence-corrected chi connectivity index (χ1v) is 5.99. The Morgan fingerprint density at radius 2 is 2.16 bits per heavy atom. The SMILES string of the molecule is Cc1cnc(CNCC(O)c2ccc(C#N)cc2)o1. The maximum atomic E-state index is 9.97. The summed E-state index contributed by atoms with van der Waals surface area (Å²) in [6.45, 7) is 2.70. The van der Waals surface area contributed by atoms with Crippen molar-refractivity contribution in [1.82, 2.24) is 10.3 Å². The topological polar surface area (TPSA) is 82.1 Å². The minimum Gasteiger partial charge on any atom is -0.445 e. The molecule has 5 nitrogen and oxygen atoms in total.